The van der Waals surface area contributed by atoms with Crippen LogP contribution in [0.3, 0.4) is 0 Å². The van der Waals surface area contributed by atoms with Crippen LogP contribution in [0.25, 0.3) is 0 Å². The maximum atomic E-state index is 15.0. The van der Waals surface area contributed by atoms with Gasteiger partial charge in [0.1, 0.15) is 16.5 Å². The summed E-state index contributed by atoms with van der Waals surface area (Å²) < 4.78 is 47.3. The van der Waals surface area contributed by atoms with Crippen molar-refractivity contribution in [1.82, 2.24) is 0 Å². The molecule has 0 unspecified atom stereocenters. The van der Waals surface area contributed by atoms with Gasteiger partial charge in [0.15, 0.2) is 0 Å². The lowest BCUT2D eigenvalue weighted by Gasteiger charge is -2.21. The van der Waals surface area contributed by atoms with Crippen LogP contribution in [0, 0.1) is 0 Å². The maximum absolute atomic E-state index is 15.0. The molecule has 1 heterocycles. The summed E-state index contributed by atoms with van der Waals surface area (Å²) in [5, 5.41) is 9.29. The molecule has 1 aliphatic carbocycles. The fourth-order valence-corrected chi connectivity index (χ4v) is 5.64. The van der Waals surface area contributed by atoms with E-state index in [0.29, 0.717) is 17.2 Å². The number of carboxylic acid groups (broad SMARTS) is 1. The highest BCUT2D eigenvalue weighted by molar-refractivity contribution is 7.95. The van der Waals surface area contributed by atoms with Crippen molar-refractivity contribution in [2.24, 2.45) is 4.99 Å². The van der Waals surface area contributed by atoms with Crippen LogP contribution in [0.4, 0.5) is 15.8 Å². The van der Waals surface area contributed by atoms with E-state index in [-0.39, 0.29) is 22.5 Å². The number of methoxy groups -OCH3 is 1. The molecular weight excluding hydrogens is 459 g/mol. The monoisotopic (exact) mass is 482 g/mol. The number of carboxylic acids is 1. The highest BCUT2D eigenvalue weighted by Crippen LogP contribution is 2.42. The molecule has 1 aliphatic heterocycles. The smallest absolute Gasteiger partial charge is 0.307 e. The molecule has 4 rings (SSSR count). The number of sulfone groups is 1. The molecule has 176 valence electrons. The van der Waals surface area contributed by atoms with E-state index < -0.39 is 33.0 Å². The Morgan fingerprint density at radius 2 is 1.88 bits per heavy atom. The summed E-state index contributed by atoms with van der Waals surface area (Å²) in [5.41, 5.74) is 2.60. The topological polar surface area (TPSA) is 96.3 Å². The summed E-state index contributed by atoms with van der Waals surface area (Å²) in [4.78, 5) is 16.9. The van der Waals surface area contributed by atoms with E-state index in [1.54, 1.807) is 26.2 Å². The summed E-state index contributed by atoms with van der Waals surface area (Å²) in [6.45, 7) is 1.60. The molecule has 9 heteroatoms. The number of allylic oxidation sites excluding steroid dienone is 4. The second kappa shape index (κ2) is 8.90. The van der Waals surface area contributed by atoms with Crippen LogP contribution in [0.15, 0.2) is 92.1 Å². The van der Waals surface area contributed by atoms with E-state index in [1.807, 2.05) is 36.2 Å². The maximum Gasteiger partial charge on any atom is 0.307 e. The first-order valence-corrected chi connectivity index (χ1v) is 11.9. The molecule has 0 fully saturated rings. The van der Waals surface area contributed by atoms with E-state index in [1.165, 1.54) is 12.1 Å². The van der Waals surface area contributed by atoms with Crippen LogP contribution < -0.4 is 9.64 Å². The Balaban J connectivity index is 1.74. The predicted molar refractivity (Wildman–Crippen MR) is 128 cm³/mol. The zero-order valence-corrected chi connectivity index (χ0v) is 19.7. The molecule has 7 nitrogen and oxygen atoms in total. The SMILES string of the molecule is COc1cccc(N(C)c2ccc(S(=O)(=O)C3=C4C(=NC(C)=C4CC(=O)O)CC=C3F)cc2)c1. The Hall–Kier alpha value is -3.72. The normalized spacial score (nSPS) is 15.6. The van der Waals surface area contributed by atoms with Crippen molar-refractivity contribution in [3.63, 3.8) is 0 Å². The average molecular weight is 483 g/mol. The largest absolute Gasteiger partial charge is 0.497 e. The fraction of sp³-hybridized carbons (Fsp3) is 0.200. The number of benzene rings is 2. The zero-order valence-electron chi connectivity index (χ0n) is 18.9. The van der Waals surface area contributed by atoms with Gasteiger partial charge in [-0.1, -0.05) is 6.07 Å². The number of hydrogen-bond acceptors (Lipinski definition) is 6. The Morgan fingerprint density at radius 1 is 1.18 bits per heavy atom. The number of aliphatic carboxylic acids is 1. The van der Waals surface area contributed by atoms with Gasteiger partial charge in [-0.3, -0.25) is 9.79 Å². The fourth-order valence-electron chi connectivity index (χ4n) is 4.06. The summed E-state index contributed by atoms with van der Waals surface area (Å²) in [7, 11) is -0.877. The quantitative estimate of drug-likeness (QED) is 0.600. The number of nitrogens with zero attached hydrogens (tertiary/aromatic N) is 2. The molecule has 0 aromatic heterocycles. The van der Waals surface area contributed by atoms with Crippen molar-refractivity contribution in [3.8, 4) is 5.75 Å². The zero-order chi connectivity index (χ0) is 24.6. The van der Waals surface area contributed by atoms with Crippen LogP contribution >= 0.6 is 0 Å². The van der Waals surface area contributed by atoms with Gasteiger partial charge >= 0.3 is 5.97 Å². The lowest BCUT2D eigenvalue weighted by molar-refractivity contribution is -0.136. The van der Waals surface area contributed by atoms with Gasteiger partial charge in [-0.2, -0.15) is 0 Å². The Bertz CT molecular complexity index is 1400. The number of fused-ring (bicyclic) bond motifs is 1. The molecule has 0 saturated carbocycles. The standard InChI is InChI=1S/C25H23FN2O5S/c1-15-20(14-23(29)30)24-22(27-15)12-11-21(26)25(24)34(31,32)19-9-7-16(8-10-19)28(2)17-5-4-6-18(13-17)33-3/h4-11,13H,12,14H2,1-3H3,(H,29,30). The first kappa shape index (κ1) is 23.4. The minimum Gasteiger partial charge on any atom is -0.497 e. The van der Waals surface area contributed by atoms with Crippen molar-refractivity contribution in [2.45, 2.75) is 24.7 Å². The number of rotatable bonds is 7. The molecule has 34 heavy (non-hydrogen) atoms. The first-order valence-electron chi connectivity index (χ1n) is 10.5. The highest BCUT2D eigenvalue weighted by atomic mass is 32.2. The molecule has 0 bridgehead atoms. The van der Waals surface area contributed by atoms with E-state index in [2.05, 4.69) is 4.99 Å². The van der Waals surface area contributed by atoms with Crippen LogP contribution in [-0.2, 0) is 14.6 Å². The average Bonchev–Trinajstić information content (AvgIpc) is 3.12. The number of anilines is 2. The van der Waals surface area contributed by atoms with Gasteiger partial charge in [0, 0.05) is 42.2 Å². The number of carbonyl (C=O) groups is 1. The van der Waals surface area contributed by atoms with Crippen LogP contribution in [-0.4, -0.2) is 39.4 Å². The van der Waals surface area contributed by atoms with E-state index >= 15 is 0 Å². The van der Waals surface area contributed by atoms with Crippen molar-refractivity contribution in [2.75, 3.05) is 19.1 Å². The third-order valence-electron chi connectivity index (χ3n) is 5.82. The van der Waals surface area contributed by atoms with E-state index in [4.69, 9.17) is 4.74 Å². The minimum atomic E-state index is -4.29. The lowest BCUT2D eigenvalue weighted by atomic mass is 9.94. The van der Waals surface area contributed by atoms with Crippen LogP contribution in [0.2, 0.25) is 0 Å². The number of ether oxygens (including phenoxy) is 1. The van der Waals surface area contributed by atoms with Gasteiger partial charge in [0.2, 0.25) is 9.84 Å². The van der Waals surface area contributed by atoms with Crippen molar-refractivity contribution < 1.29 is 27.4 Å². The second-order valence-corrected chi connectivity index (χ2v) is 9.80. The Kier molecular flexibility index (Phi) is 6.14. The predicted octanol–water partition coefficient (Wildman–Crippen LogP) is 4.95. The highest BCUT2D eigenvalue weighted by Gasteiger charge is 2.37. The van der Waals surface area contributed by atoms with Gasteiger partial charge in [-0.25, -0.2) is 12.8 Å². The molecular formula is C25H23FN2O5S. The molecule has 0 amide bonds. The Morgan fingerprint density at radius 3 is 2.53 bits per heavy atom. The van der Waals surface area contributed by atoms with Crippen molar-refractivity contribution >= 4 is 32.9 Å². The molecule has 0 saturated heterocycles. The number of aliphatic imine (C=N–C) groups is 1. The molecule has 0 atom stereocenters. The van der Waals surface area contributed by atoms with Gasteiger partial charge in [0.25, 0.3) is 0 Å². The molecule has 2 aliphatic rings. The third-order valence-corrected chi connectivity index (χ3v) is 7.65. The minimum absolute atomic E-state index is 0.0671. The molecule has 1 N–H and O–H groups in total. The van der Waals surface area contributed by atoms with Crippen LogP contribution in [0.5, 0.6) is 5.75 Å². The first-order chi connectivity index (χ1) is 16.1. The van der Waals surface area contributed by atoms with Gasteiger partial charge < -0.3 is 14.7 Å². The van der Waals surface area contributed by atoms with Gasteiger partial charge in [-0.15, -0.1) is 0 Å². The van der Waals surface area contributed by atoms with Crippen LogP contribution in [0.1, 0.15) is 19.8 Å². The molecule has 0 radical (unpaired) electrons. The third kappa shape index (κ3) is 4.14. The van der Waals surface area contributed by atoms with Crippen molar-refractivity contribution in [3.05, 3.63) is 82.2 Å². The number of halogens is 1. The number of hydrogen-bond donors (Lipinski definition) is 1. The van der Waals surface area contributed by atoms with Crippen molar-refractivity contribution in [1.29, 1.82) is 0 Å². The summed E-state index contributed by atoms with van der Waals surface area (Å²) >= 11 is 0. The summed E-state index contributed by atoms with van der Waals surface area (Å²) in [5.74, 6) is -1.36. The Labute approximate surface area is 197 Å². The van der Waals surface area contributed by atoms with E-state index in [9.17, 15) is 22.7 Å². The lowest BCUT2D eigenvalue weighted by Crippen LogP contribution is -2.18. The molecule has 0 spiro atoms. The van der Waals surface area contributed by atoms with E-state index in [0.717, 1.165) is 17.5 Å². The second-order valence-electron chi connectivity index (χ2n) is 7.91. The molecule has 2 aromatic rings. The van der Waals surface area contributed by atoms with Gasteiger partial charge in [-0.05, 0) is 55.0 Å². The van der Waals surface area contributed by atoms with Gasteiger partial charge in [0.05, 0.1) is 24.1 Å². The summed E-state index contributed by atoms with van der Waals surface area (Å²) in [6.07, 6.45) is 0.826. The summed E-state index contributed by atoms with van der Waals surface area (Å²) in [6, 6.07) is 13.5. The molecule has 2 aromatic carbocycles.